The molecule has 0 amide bonds. The lowest BCUT2D eigenvalue weighted by Gasteiger charge is -2.21. The highest BCUT2D eigenvalue weighted by Crippen LogP contribution is 2.29. The van der Waals surface area contributed by atoms with E-state index in [1.165, 1.54) is 5.56 Å². The van der Waals surface area contributed by atoms with Gasteiger partial charge in [0, 0.05) is 19.4 Å². The molecule has 1 fully saturated rings. The van der Waals surface area contributed by atoms with E-state index in [0.717, 1.165) is 31.6 Å². The summed E-state index contributed by atoms with van der Waals surface area (Å²) in [6, 6.07) is 2.15. The third-order valence-electron chi connectivity index (χ3n) is 3.04. The van der Waals surface area contributed by atoms with E-state index in [4.69, 9.17) is 4.74 Å². The zero-order valence-electron chi connectivity index (χ0n) is 8.47. The molecule has 1 aliphatic heterocycles. The number of hydrogen-bond acceptors (Lipinski definition) is 3. The minimum absolute atomic E-state index is 0.606. The monoisotopic (exact) mass is 203 g/mol. The first-order valence-corrected chi connectivity index (χ1v) is 5.30. The number of hydrogen-bond donors (Lipinski definition) is 0. The largest absolute Gasteiger partial charge is 0.381 e. The van der Waals surface area contributed by atoms with Gasteiger partial charge in [0.05, 0.1) is 11.7 Å². The summed E-state index contributed by atoms with van der Waals surface area (Å²) in [7, 11) is 0. The molecule has 0 spiro atoms. The molecule has 0 aliphatic carbocycles. The van der Waals surface area contributed by atoms with Crippen molar-refractivity contribution in [1.29, 1.82) is 0 Å². The van der Waals surface area contributed by atoms with Crippen molar-refractivity contribution in [3.63, 3.8) is 0 Å². The number of rotatable bonds is 1. The van der Waals surface area contributed by atoms with Crippen LogP contribution >= 0.6 is 0 Å². The van der Waals surface area contributed by atoms with Gasteiger partial charge in [-0.1, -0.05) is 0 Å². The van der Waals surface area contributed by atoms with Gasteiger partial charge in [0.15, 0.2) is 0 Å². The summed E-state index contributed by atoms with van der Waals surface area (Å²) in [6.07, 6.45) is 7.67. The van der Waals surface area contributed by atoms with Gasteiger partial charge in [0.25, 0.3) is 0 Å². The normalized spacial score (nSPS) is 18.4. The van der Waals surface area contributed by atoms with Crippen LogP contribution < -0.4 is 0 Å². The smallest absolute Gasteiger partial charge is 0.136 e. The van der Waals surface area contributed by atoms with Gasteiger partial charge in [0.2, 0.25) is 0 Å². The Balaban J connectivity index is 2.02. The molecule has 1 saturated heterocycles. The van der Waals surface area contributed by atoms with E-state index in [2.05, 4.69) is 16.1 Å². The molecule has 3 rings (SSSR count). The van der Waals surface area contributed by atoms with Gasteiger partial charge in [-0.05, 0) is 30.4 Å². The van der Waals surface area contributed by atoms with Crippen molar-refractivity contribution < 1.29 is 4.74 Å². The van der Waals surface area contributed by atoms with Gasteiger partial charge in [-0.25, -0.2) is 9.50 Å². The van der Waals surface area contributed by atoms with Crippen molar-refractivity contribution in [2.24, 2.45) is 0 Å². The van der Waals surface area contributed by atoms with E-state index in [-0.39, 0.29) is 0 Å². The van der Waals surface area contributed by atoms with Crippen LogP contribution in [0.1, 0.15) is 24.3 Å². The Hall–Kier alpha value is -1.42. The Kier molecular flexibility index (Phi) is 2.14. The summed E-state index contributed by atoms with van der Waals surface area (Å²) < 4.78 is 7.26. The maximum absolute atomic E-state index is 5.37. The third kappa shape index (κ3) is 1.51. The molecule has 0 radical (unpaired) electrons. The minimum atomic E-state index is 0.606. The summed E-state index contributed by atoms with van der Waals surface area (Å²) in [5.74, 6) is 0.606. The lowest BCUT2D eigenvalue weighted by Crippen LogP contribution is -2.13. The second-order valence-electron chi connectivity index (χ2n) is 3.90. The fourth-order valence-electron chi connectivity index (χ4n) is 2.23. The average Bonchev–Trinajstić information content (AvgIpc) is 2.74. The maximum atomic E-state index is 5.37. The summed E-state index contributed by atoms with van der Waals surface area (Å²) in [5, 5.41) is 4.17. The van der Waals surface area contributed by atoms with Gasteiger partial charge >= 0.3 is 0 Å². The van der Waals surface area contributed by atoms with Crippen LogP contribution in [0.4, 0.5) is 0 Å². The standard InChI is InChI=1S/C11H13N3O/c1-4-14-11(7-12-8-13-14)10(1)9-2-5-15-6-3-9/h1,4,7-9H,2-3,5-6H2. The van der Waals surface area contributed by atoms with E-state index < -0.39 is 0 Å². The Morgan fingerprint density at radius 1 is 1.33 bits per heavy atom. The Morgan fingerprint density at radius 2 is 2.20 bits per heavy atom. The quantitative estimate of drug-likeness (QED) is 0.707. The summed E-state index contributed by atoms with van der Waals surface area (Å²) >= 11 is 0. The molecule has 0 bridgehead atoms. The molecule has 2 aromatic heterocycles. The SMILES string of the molecule is c1ncc2c(C3CCOCC3)ccn2n1. The highest BCUT2D eigenvalue weighted by Gasteiger charge is 2.18. The predicted octanol–water partition coefficient (Wildman–Crippen LogP) is 1.62. The molecular weight excluding hydrogens is 190 g/mol. The van der Waals surface area contributed by atoms with Crippen molar-refractivity contribution in [3.8, 4) is 0 Å². The van der Waals surface area contributed by atoms with Crippen molar-refractivity contribution >= 4 is 5.52 Å². The van der Waals surface area contributed by atoms with Crippen LogP contribution in [0.3, 0.4) is 0 Å². The average molecular weight is 203 g/mol. The molecule has 2 aromatic rings. The molecule has 4 nitrogen and oxygen atoms in total. The Bertz CT molecular complexity index is 460. The summed E-state index contributed by atoms with van der Waals surface area (Å²) in [6.45, 7) is 1.74. The molecule has 0 unspecified atom stereocenters. The van der Waals surface area contributed by atoms with E-state index in [9.17, 15) is 0 Å². The minimum Gasteiger partial charge on any atom is -0.381 e. The zero-order chi connectivity index (χ0) is 10.1. The molecule has 0 N–H and O–H groups in total. The topological polar surface area (TPSA) is 39.4 Å². The highest BCUT2D eigenvalue weighted by molar-refractivity contribution is 5.54. The molecule has 0 atom stereocenters. The van der Waals surface area contributed by atoms with Gasteiger partial charge < -0.3 is 4.74 Å². The molecule has 1 aliphatic rings. The summed E-state index contributed by atoms with van der Waals surface area (Å²) in [5.41, 5.74) is 2.49. The number of fused-ring (bicyclic) bond motifs is 1. The van der Waals surface area contributed by atoms with Crippen molar-refractivity contribution in [2.75, 3.05) is 13.2 Å². The van der Waals surface area contributed by atoms with E-state index in [0.29, 0.717) is 5.92 Å². The van der Waals surface area contributed by atoms with Gasteiger partial charge in [-0.3, -0.25) is 0 Å². The van der Waals surface area contributed by atoms with Crippen LogP contribution in [-0.2, 0) is 4.74 Å². The van der Waals surface area contributed by atoms with Crippen LogP contribution in [0.5, 0.6) is 0 Å². The van der Waals surface area contributed by atoms with Crippen LogP contribution in [0, 0.1) is 0 Å². The Labute approximate surface area is 87.9 Å². The lowest BCUT2D eigenvalue weighted by atomic mass is 9.93. The fourth-order valence-corrected chi connectivity index (χ4v) is 2.23. The molecular formula is C11H13N3O. The number of nitrogens with zero attached hydrogens (tertiary/aromatic N) is 3. The molecule has 0 saturated carbocycles. The molecule has 0 aromatic carbocycles. The van der Waals surface area contributed by atoms with Crippen LogP contribution in [-0.4, -0.2) is 27.8 Å². The first kappa shape index (κ1) is 8.85. The molecule has 4 heteroatoms. The van der Waals surface area contributed by atoms with Crippen molar-refractivity contribution in [1.82, 2.24) is 14.6 Å². The highest BCUT2D eigenvalue weighted by atomic mass is 16.5. The van der Waals surface area contributed by atoms with Crippen LogP contribution in [0.2, 0.25) is 0 Å². The van der Waals surface area contributed by atoms with Gasteiger partial charge in [-0.2, -0.15) is 5.10 Å². The van der Waals surface area contributed by atoms with E-state index in [1.54, 1.807) is 6.33 Å². The maximum Gasteiger partial charge on any atom is 0.136 e. The first-order valence-electron chi connectivity index (χ1n) is 5.30. The van der Waals surface area contributed by atoms with Crippen LogP contribution in [0.15, 0.2) is 24.8 Å². The first-order chi connectivity index (χ1) is 7.45. The number of aromatic nitrogens is 3. The van der Waals surface area contributed by atoms with E-state index >= 15 is 0 Å². The third-order valence-corrected chi connectivity index (χ3v) is 3.04. The van der Waals surface area contributed by atoms with E-state index in [1.807, 2.05) is 16.9 Å². The van der Waals surface area contributed by atoms with Crippen LogP contribution in [0.25, 0.3) is 5.52 Å². The van der Waals surface area contributed by atoms with Gasteiger partial charge in [-0.15, -0.1) is 0 Å². The zero-order valence-corrected chi connectivity index (χ0v) is 8.47. The van der Waals surface area contributed by atoms with Crippen molar-refractivity contribution in [3.05, 3.63) is 30.4 Å². The second-order valence-corrected chi connectivity index (χ2v) is 3.90. The second kappa shape index (κ2) is 3.62. The molecule has 15 heavy (non-hydrogen) atoms. The number of ether oxygens (including phenoxy) is 1. The summed E-state index contributed by atoms with van der Waals surface area (Å²) in [4.78, 5) is 4.08. The predicted molar refractivity (Wildman–Crippen MR) is 55.8 cm³/mol. The Morgan fingerprint density at radius 3 is 3.07 bits per heavy atom. The fraction of sp³-hybridized carbons (Fsp3) is 0.455. The van der Waals surface area contributed by atoms with Crippen molar-refractivity contribution in [2.45, 2.75) is 18.8 Å². The van der Waals surface area contributed by atoms with Gasteiger partial charge in [0.1, 0.15) is 6.33 Å². The molecule has 3 heterocycles. The lowest BCUT2D eigenvalue weighted by molar-refractivity contribution is 0.0856. The molecule has 78 valence electrons.